The molecule has 202 valence electrons. The van der Waals surface area contributed by atoms with Gasteiger partial charge in [-0.3, -0.25) is 9.59 Å². The van der Waals surface area contributed by atoms with E-state index in [1.165, 1.54) is 16.0 Å². The van der Waals surface area contributed by atoms with Crippen molar-refractivity contribution in [3.63, 3.8) is 0 Å². The zero-order valence-corrected chi connectivity index (χ0v) is 23.3. The van der Waals surface area contributed by atoms with E-state index in [1.807, 2.05) is 38.1 Å². The van der Waals surface area contributed by atoms with E-state index in [1.54, 1.807) is 23.9 Å². The van der Waals surface area contributed by atoms with E-state index in [0.717, 1.165) is 48.1 Å². The number of hydrogen-bond acceptors (Lipinski definition) is 5. The lowest BCUT2D eigenvalue weighted by Crippen LogP contribution is -2.21. The molecule has 1 heterocycles. The second-order valence-corrected chi connectivity index (χ2v) is 10.4. The summed E-state index contributed by atoms with van der Waals surface area (Å²) < 4.78 is 15.0. The van der Waals surface area contributed by atoms with Gasteiger partial charge in [0.1, 0.15) is 5.82 Å². The van der Waals surface area contributed by atoms with Gasteiger partial charge >= 0.3 is 0 Å². The minimum absolute atomic E-state index is 0.119. The van der Waals surface area contributed by atoms with Crippen LogP contribution in [-0.2, 0) is 9.59 Å². The summed E-state index contributed by atoms with van der Waals surface area (Å²) in [5.41, 5.74) is 6.44. The number of carbonyl (C=O) groups is 2. The zero-order valence-electron chi connectivity index (χ0n) is 22.5. The molecule has 5 nitrogen and oxygen atoms in total. The highest BCUT2D eigenvalue weighted by Gasteiger charge is 2.25. The Morgan fingerprint density at radius 1 is 1.11 bits per heavy atom. The van der Waals surface area contributed by atoms with Crippen molar-refractivity contribution in [2.45, 2.75) is 70.2 Å². The molecule has 2 aromatic carbocycles. The minimum atomic E-state index is -0.285. The monoisotopic (exact) mass is 536 g/mol. The van der Waals surface area contributed by atoms with E-state index in [0.29, 0.717) is 12.1 Å². The summed E-state index contributed by atoms with van der Waals surface area (Å²) in [4.78, 5) is 22.3. The molecule has 0 bridgehead atoms. The molecular formula is C31H37FN2O3S. The number of fused-ring (bicyclic) bond motifs is 1. The van der Waals surface area contributed by atoms with Crippen molar-refractivity contribution in [3.8, 4) is 0 Å². The molecule has 3 aliphatic rings. The van der Waals surface area contributed by atoms with Gasteiger partial charge in [-0.25, -0.2) is 4.39 Å². The average Bonchev–Trinajstić information content (AvgIpc) is 3.51. The molecule has 2 aromatic rings. The quantitative estimate of drug-likeness (QED) is 0.335. The van der Waals surface area contributed by atoms with Gasteiger partial charge in [-0.05, 0) is 73.6 Å². The van der Waals surface area contributed by atoms with Crippen LogP contribution >= 0.6 is 11.8 Å². The maximum Gasteiger partial charge on any atom is 0.290 e. The predicted molar refractivity (Wildman–Crippen MR) is 156 cm³/mol. The Labute approximate surface area is 229 Å². The smallest absolute Gasteiger partial charge is 0.290 e. The summed E-state index contributed by atoms with van der Waals surface area (Å²) in [5.74, 6) is 0.149. The number of thioether (sulfide) groups is 1. The molecule has 1 saturated carbocycles. The second-order valence-electron chi connectivity index (χ2n) is 9.28. The number of allylic oxidation sites excluding steroid dienone is 6. The summed E-state index contributed by atoms with van der Waals surface area (Å²) in [6, 6.07) is 9.60. The van der Waals surface area contributed by atoms with Crippen molar-refractivity contribution in [1.82, 2.24) is 0 Å². The highest BCUT2D eigenvalue weighted by atomic mass is 32.2. The topological polar surface area (TPSA) is 78.4 Å². The van der Waals surface area contributed by atoms with Crippen LogP contribution in [0.2, 0.25) is 0 Å². The van der Waals surface area contributed by atoms with Crippen LogP contribution in [0.1, 0.15) is 62.6 Å². The number of rotatable bonds is 5. The number of aryl methyl sites for hydroxylation is 2. The van der Waals surface area contributed by atoms with E-state index < -0.39 is 0 Å². The van der Waals surface area contributed by atoms with Crippen LogP contribution in [0.5, 0.6) is 0 Å². The highest BCUT2D eigenvalue weighted by Crippen LogP contribution is 2.42. The zero-order chi connectivity index (χ0) is 27.7. The molecular weight excluding hydrogens is 499 g/mol. The molecule has 0 saturated heterocycles. The maximum absolute atomic E-state index is 15.0. The van der Waals surface area contributed by atoms with Crippen LogP contribution in [0.4, 0.5) is 15.8 Å². The van der Waals surface area contributed by atoms with Gasteiger partial charge in [0.05, 0.1) is 11.4 Å². The summed E-state index contributed by atoms with van der Waals surface area (Å²) in [6.07, 6.45) is 12.9. The predicted octanol–water partition coefficient (Wildman–Crippen LogP) is 8.11. The summed E-state index contributed by atoms with van der Waals surface area (Å²) in [5, 5.41) is 13.6. The Bertz CT molecular complexity index is 1250. The molecule has 1 aliphatic heterocycles. The number of nitrogens with one attached hydrogen (secondary N) is 2. The Balaban J connectivity index is 0.000000748. The fraction of sp³-hybridized carbons (Fsp3) is 0.355. The number of carbonyl (C=O) groups excluding carboxylic acids is 1. The third-order valence-corrected chi connectivity index (χ3v) is 7.91. The molecule has 2 aliphatic carbocycles. The molecule has 1 fully saturated rings. The third kappa shape index (κ3) is 7.16. The van der Waals surface area contributed by atoms with Gasteiger partial charge in [-0.15, -0.1) is 0 Å². The van der Waals surface area contributed by atoms with Crippen LogP contribution in [0.3, 0.4) is 0 Å². The van der Waals surface area contributed by atoms with Gasteiger partial charge in [-0.2, -0.15) is 0 Å². The fourth-order valence-corrected chi connectivity index (χ4v) is 6.07. The number of hydrogen-bond donors (Lipinski definition) is 3. The number of anilines is 2. The normalized spacial score (nSPS) is 17.9. The SMILES string of the molecule is CC.Cc1cc(C)c2c(c1)NC(Nc1ccc(C3=CCC=C(C(=O)C4CCCC4)C=C3)cc1F)S2.O=CO. The largest absolute Gasteiger partial charge is 0.483 e. The second kappa shape index (κ2) is 14.0. The van der Waals surface area contributed by atoms with Gasteiger partial charge in [0.25, 0.3) is 6.47 Å². The van der Waals surface area contributed by atoms with Gasteiger partial charge < -0.3 is 15.7 Å². The molecule has 0 aromatic heterocycles. The lowest BCUT2D eigenvalue weighted by molar-refractivity contribution is -0.123. The van der Waals surface area contributed by atoms with Crippen molar-refractivity contribution < 1.29 is 19.1 Å². The van der Waals surface area contributed by atoms with Crippen LogP contribution < -0.4 is 10.6 Å². The summed E-state index contributed by atoms with van der Waals surface area (Å²) in [6.45, 7) is 7.94. The Morgan fingerprint density at radius 2 is 1.82 bits per heavy atom. The van der Waals surface area contributed by atoms with Crippen molar-refractivity contribution >= 4 is 41.0 Å². The first-order valence-electron chi connectivity index (χ1n) is 13.2. The van der Waals surface area contributed by atoms with Crippen LogP contribution in [0, 0.1) is 25.6 Å². The first-order valence-corrected chi connectivity index (χ1v) is 14.1. The van der Waals surface area contributed by atoms with Gasteiger partial charge in [0, 0.05) is 16.4 Å². The molecule has 38 heavy (non-hydrogen) atoms. The van der Waals surface area contributed by atoms with Crippen molar-refractivity contribution in [1.29, 1.82) is 0 Å². The van der Waals surface area contributed by atoms with Crippen molar-refractivity contribution in [2.24, 2.45) is 5.92 Å². The van der Waals surface area contributed by atoms with Crippen LogP contribution in [0.15, 0.2) is 65.1 Å². The van der Waals surface area contributed by atoms with Crippen molar-refractivity contribution in [2.75, 3.05) is 10.6 Å². The van der Waals surface area contributed by atoms with E-state index in [4.69, 9.17) is 9.90 Å². The van der Waals surface area contributed by atoms with Gasteiger partial charge in [0.2, 0.25) is 0 Å². The van der Waals surface area contributed by atoms with E-state index in [9.17, 15) is 4.79 Å². The average molecular weight is 537 g/mol. The first kappa shape index (κ1) is 29.2. The van der Waals surface area contributed by atoms with Crippen LogP contribution in [-0.4, -0.2) is 22.9 Å². The number of halogens is 1. The standard InChI is InChI=1S/C28H29FN2OS.C2H6.CH2O2/c1-17-14-18(2)27-25(15-17)31-28(33-27)30-24-13-12-22(16-23(24)29)19-8-5-9-21(11-10-19)26(32)20-6-3-4-7-20;1-2;2-1-3/h8-16,20,28,30-31H,3-7H2,1-2H3;1-2H3;1H,(H,2,3). The Kier molecular flexibility index (Phi) is 10.8. The Morgan fingerprint density at radius 3 is 2.50 bits per heavy atom. The van der Waals surface area contributed by atoms with Gasteiger partial charge in [0.15, 0.2) is 11.3 Å². The van der Waals surface area contributed by atoms with E-state index >= 15 is 4.39 Å². The number of benzene rings is 2. The van der Waals surface area contributed by atoms with Crippen LogP contribution in [0.25, 0.3) is 5.57 Å². The maximum atomic E-state index is 15.0. The number of Topliss-reactive ketones (excluding diaryl/α,β-unsaturated/α-hetero) is 1. The molecule has 0 amide bonds. The van der Waals surface area contributed by atoms with Crippen molar-refractivity contribution in [3.05, 3.63) is 82.7 Å². The fourth-order valence-electron chi connectivity index (χ4n) is 4.97. The van der Waals surface area contributed by atoms with E-state index in [2.05, 4.69) is 42.7 Å². The lowest BCUT2D eigenvalue weighted by Gasteiger charge is -2.15. The molecule has 5 rings (SSSR count). The highest BCUT2D eigenvalue weighted by molar-refractivity contribution is 8.00. The molecule has 0 radical (unpaired) electrons. The number of ketones is 1. The third-order valence-electron chi connectivity index (χ3n) is 6.66. The number of carboxylic acid groups (broad SMARTS) is 1. The van der Waals surface area contributed by atoms with E-state index in [-0.39, 0.29) is 29.5 Å². The van der Waals surface area contributed by atoms with Gasteiger partial charge in [-0.1, -0.05) is 74.9 Å². The molecule has 7 heteroatoms. The molecule has 1 unspecified atom stereocenters. The molecule has 3 N–H and O–H groups in total. The molecule has 1 atom stereocenters. The first-order chi connectivity index (χ1) is 18.4. The summed E-state index contributed by atoms with van der Waals surface area (Å²) in [7, 11) is 0. The lowest BCUT2D eigenvalue weighted by atomic mass is 9.95. The summed E-state index contributed by atoms with van der Waals surface area (Å²) >= 11 is 1.67. The molecule has 0 spiro atoms. The Hall–Kier alpha value is -3.32. The minimum Gasteiger partial charge on any atom is -0.483 e.